The predicted octanol–water partition coefficient (Wildman–Crippen LogP) is 2.95. The first-order valence-electron chi connectivity index (χ1n) is 8.94. The zero-order chi connectivity index (χ0) is 21.6. The summed E-state index contributed by atoms with van der Waals surface area (Å²) in [5, 5.41) is 2.72. The average molecular weight is 416 g/mol. The first kappa shape index (κ1) is 22.3. The molecule has 154 valence electrons. The highest BCUT2D eigenvalue weighted by molar-refractivity contribution is 7.89. The number of carbonyl (C=O) groups excluding carboxylic acids is 2. The van der Waals surface area contributed by atoms with Crippen LogP contribution in [0.1, 0.15) is 28.4 Å². The molecule has 2 aromatic rings. The smallest absolute Gasteiger partial charge is 0.338 e. The maximum Gasteiger partial charge on any atom is 0.338 e. The second-order valence-corrected chi connectivity index (χ2v) is 8.29. The normalized spacial score (nSPS) is 12.1. The highest BCUT2D eigenvalue weighted by Gasteiger charge is 2.21. The monoisotopic (exact) mass is 416 g/mol. The molecule has 29 heavy (non-hydrogen) atoms. The SMILES string of the molecule is C=CCNS(=O)(=O)c1cccc(C(=O)O[C@@H](C)C(=O)Nc2ccc(C)cc2C)c1. The first-order valence-corrected chi connectivity index (χ1v) is 10.4. The summed E-state index contributed by atoms with van der Waals surface area (Å²) in [5.41, 5.74) is 2.61. The zero-order valence-corrected chi connectivity index (χ0v) is 17.4. The molecule has 0 saturated heterocycles. The van der Waals surface area contributed by atoms with E-state index in [4.69, 9.17) is 4.74 Å². The van der Waals surface area contributed by atoms with Gasteiger partial charge < -0.3 is 10.1 Å². The van der Waals surface area contributed by atoms with Crippen molar-refractivity contribution in [3.05, 3.63) is 71.8 Å². The van der Waals surface area contributed by atoms with Crippen molar-refractivity contribution in [2.75, 3.05) is 11.9 Å². The minimum absolute atomic E-state index is 0.0256. The molecule has 8 heteroatoms. The van der Waals surface area contributed by atoms with Gasteiger partial charge >= 0.3 is 5.97 Å². The molecule has 2 rings (SSSR count). The van der Waals surface area contributed by atoms with Crippen LogP contribution < -0.4 is 10.0 Å². The summed E-state index contributed by atoms with van der Waals surface area (Å²) in [5.74, 6) is -1.28. The molecule has 7 nitrogen and oxygen atoms in total. The van der Waals surface area contributed by atoms with Gasteiger partial charge in [-0.1, -0.05) is 29.8 Å². The van der Waals surface area contributed by atoms with Gasteiger partial charge in [0.1, 0.15) is 0 Å². The Morgan fingerprint density at radius 3 is 2.55 bits per heavy atom. The Morgan fingerprint density at radius 2 is 1.90 bits per heavy atom. The summed E-state index contributed by atoms with van der Waals surface area (Å²) < 4.78 is 31.9. The van der Waals surface area contributed by atoms with Crippen LogP contribution in [0.2, 0.25) is 0 Å². The number of anilines is 1. The topological polar surface area (TPSA) is 102 Å². The molecule has 0 aliphatic heterocycles. The predicted molar refractivity (Wildman–Crippen MR) is 111 cm³/mol. The Bertz CT molecular complexity index is 1030. The largest absolute Gasteiger partial charge is 0.449 e. The van der Waals surface area contributed by atoms with Crippen LogP contribution in [-0.4, -0.2) is 32.9 Å². The third-order valence-corrected chi connectivity index (χ3v) is 5.51. The molecule has 0 unspecified atom stereocenters. The van der Waals surface area contributed by atoms with Gasteiger partial charge in [0.15, 0.2) is 6.10 Å². The molecule has 0 saturated carbocycles. The van der Waals surface area contributed by atoms with Gasteiger partial charge in [-0.15, -0.1) is 6.58 Å². The zero-order valence-electron chi connectivity index (χ0n) is 16.6. The van der Waals surface area contributed by atoms with Crippen molar-refractivity contribution in [2.24, 2.45) is 0 Å². The number of carbonyl (C=O) groups is 2. The van der Waals surface area contributed by atoms with E-state index < -0.39 is 28.0 Å². The molecule has 0 aliphatic carbocycles. The fourth-order valence-electron chi connectivity index (χ4n) is 2.51. The lowest BCUT2D eigenvalue weighted by molar-refractivity contribution is -0.123. The fourth-order valence-corrected chi connectivity index (χ4v) is 3.56. The Morgan fingerprint density at radius 1 is 1.17 bits per heavy atom. The van der Waals surface area contributed by atoms with Gasteiger partial charge in [0.05, 0.1) is 10.5 Å². The summed E-state index contributed by atoms with van der Waals surface area (Å²) in [4.78, 5) is 24.7. The summed E-state index contributed by atoms with van der Waals surface area (Å²) in [6.45, 7) is 8.78. The summed E-state index contributed by atoms with van der Waals surface area (Å²) in [6.07, 6.45) is 0.341. The van der Waals surface area contributed by atoms with Crippen LogP contribution in [0.5, 0.6) is 0 Å². The van der Waals surface area contributed by atoms with Gasteiger partial charge in [0.2, 0.25) is 10.0 Å². The lowest BCUT2D eigenvalue weighted by atomic mass is 10.1. The number of ether oxygens (including phenoxy) is 1. The number of hydrogen-bond donors (Lipinski definition) is 2. The second kappa shape index (κ2) is 9.49. The Balaban J connectivity index is 2.08. The molecule has 1 atom stereocenters. The van der Waals surface area contributed by atoms with E-state index in [1.165, 1.54) is 37.3 Å². The lowest BCUT2D eigenvalue weighted by Gasteiger charge is -2.15. The van der Waals surface area contributed by atoms with Crippen molar-refractivity contribution in [1.82, 2.24) is 4.72 Å². The van der Waals surface area contributed by atoms with E-state index in [-0.39, 0.29) is 17.0 Å². The van der Waals surface area contributed by atoms with Gasteiger partial charge in [-0.3, -0.25) is 4.79 Å². The third kappa shape index (κ3) is 6.00. The lowest BCUT2D eigenvalue weighted by Crippen LogP contribution is -2.30. The van der Waals surface area contributed by atoms with Crippen LogP contribution in [0.4, 0.5) is 5.69 Å². The van der Waals surface area contributed by atoms with Crippen LogP contribution in [0, 0.1) is 13.8 Å². The van der Waals surface area contributed by atoms with Gasteiger partial charge in [-0.2, -0.15) is 0 Å². The standard InChI is InChI=1S/C21H24N2O5S/c1-5-11-22-29(26,27)18-8-6-7-17(13-18)21(25)28-16(4)20(24)23-19-10-9-14(2)12-15(19)3/h5-10,12-13,16,22H,1,11H2,2-4H3,(H,23,24)/t16-/m0/s1. The molecule has 0 radical (unpaired) electrons. The van der Waals surface area contributed by atoms with Gasteiger partial charge in [-0.05, 0) is 50.6 Å². The van der Waals surface area contributed by atoms with Crippen LogP contribution in [0.25, 0.3) is 0 Å². The van der Waals surface area contributed by atoms with Crippen LogP contribution in [0.15, 0.2) is 60.0 Å². The first-order chi connectivity index (χ1) is 13.6. The number of sulfonamides is 1. The fraction of sp³-hybridized carbons (Fsp3) is 0.238. The molecule has 0 heterocycles. The van der Waals surface area contributed by atoms with Gasteiger partial charge in [0.25, 0.3) is 5.91 Å². The average Bonchev–Trinajstić information content (AvgIpc) is 2.68. The highest BCUT2D eigenvalue weighted by atomic mass is 32.2. The van der Waals surface area contributed by atoms with Crippen LogP contribution in [0.3, 0.4) is 0 Å². The summed E-state index contributed by atoms with van der Waals surface area (Å²) in [6, 6.07) is 11.0. The van der Waals surface area contributed by atoms with E-state index in [2.05, 4.69) is 16.6 Å². The molecular formula is C21H24N2O5S. The minimum Gasteiger partial charge on any atom is -0.449 e. The molecule has 0 bridgehead atoms. The van der Waals surface area contributed by atoms with E-state index in [0.29, 0.717) is 5.69 Å². The molecule has 0 fully saturated rings. The number of aryl methyl sites for hydroxylation is 2. The Hall–Kier alpha value is -2.97. The number of esters is 1. The van der Waals surface area contributed by atoms with Crippen molar-refractivity contribution in [3.8, 4) is 0 Å². The molecule has 1 amide bonds. The highest BCUT2D eigenvalue weighted by Crippen LogP contribution is 2.17. The quantitative estimate of drug-likeness (QED) is 0.509. The Kier molecular flexibility index (Phi) is 7.30. The molecule has 0 aromatic heterocycles. The number of amides is 1. The van der Waals surface area contributed by atoms with E-state index in [1.807, 2.05) is 26.0 Å². The number of benzene rings is 2. The molecular weight excluding hydrogens is 392 g/mol. The van der Waals surface area contributed by atoms with Gasteiger partial charge in [-0.25, -0.2) is 17.9 Å². The maximum absolute atomic E-state index is 12.4. The van der Waals surface area contributed by atoms with Crippen molar-refractivity contribution in [3.63, 3.8) is 0 Å². The number of rotatable bonds is 8. The van der Waals surface area contributed by atoms with Crippen molar-refractivity contribution in [2.45, 2.75) is 31.8 Å². The minimum atomic E-state index is -3.78. The summed E-state index contributed by atoms with van der Waals surface area (Å²) in [7, 11) is -3.78. The van der Waals surface area contributed by atoms with E-state index >= 15 is 0 Å². The van der Waals surface area contributed by atoms with E-state index in [1.54, 1.807) is 6.07 Å². The molecule has 2 aromatic carbocycles. The number of hydrogen-bond acceptors (Lipinski definition) is 5. The van der Waals surface area contributed by atoms with E-state index in [0.717, 1.165) is 11.1 Å². The molecule has 0 aliphatic rings. The molecule has 2 N–H and O–H groups in total. The maximum atomic E-state index is 12.4. The third-order valence-electron chi connectivity index (χ3n) is 4.09. The summed E-state index contributed by atoms with van der Waals surface area (Å²) >= 11 is 0. The Labute approximate surface area is 170 Å². The van der Waals surface area contributed by atoms with Crippen molar-refractivity contribution < 1.29 is 22.7 Å². The number of nitrogens with one attached hydrogen (secondary N) is 2. The van der Waals surface area contributed by atoms with Crippen LogP contribution >= 0.6 is 0 Å². The van der Waals surface area contributed by atoms with Crippen molar-refractivity contribution >= 4 is 27.6 Å². The van der Waals surface area contributed by atoms with E-state index in [9.17, 15) is 18.0 Å². The molecule has 0 spiro atoms. The second-order valence-electron chi connectivity index (χ2n) is 6.52. The van der Waals surface area contributed by atoms with Crippen molar-refractivity contribution in [1.29, 1.82) is 0 Å². The van der Waals surface area contributed by atoms with Gasteiger partial charge in [0, 0.05) is 12.2 Å². The van der Waals surface area contributed by atoms with Crippen LogP contribution in [-0.2, 0) is 19.6 Å².